The van der Waals surface area contributed by atoms with Gasteiger partial charge >= 0.3 is 0 Å². The molecule has 13 rings (SSSR count). The molecular formula is C63H40N4S. The Labute approximate surface area is 414 Å². The van der Waals surface area contributed by atoms with Crippen molar-refractivity contribution in [3.63, 3.8) is 0 Å². The van der Waals surface area contributed by atoms with Crippen molar-refractivity contribution in [3.05, 3.63) is 242 Å². The van der Waals surface area contributed by atoms with Crippen LogP contribution in [0.25, 0.3) is 126 Å². The predicted molar refractivity (Wildman–Crippen MR) is 285 cm³/mol. The van der Waals surface area contributed by atoms with E-state index in [0.29, 0.717) is 33.9 Å². The summed E-state index contributed by atoms with van der Waals surface area (Å²) in [7, 11) is 0. The lowest BCUT2D eigenvalue weighted by molar-refractivity contribution is 1.07. The monoisotopic (exact) mass is 896 g/mol. The number of hydrogen-bond acceptors (Lipinski definition) is 4. The molecule has 0 atom stereocenters. The van der Waals surface area contributed by atoms with Crippen LogP contribution in [0.15, 0.2) is 242 Å². The second-order valence-electron chi connectivity index (χ2n) is 16.3. The third kappa shape index (κ3) is 7.05. The van der Waals surface area contributed by atoms with Crippen molar-refractivity contribution in [2.45, 2.75) is 0 Å². The quantitative estimate of drug-likeness (QED) is 0.153. The first kappa shape index (κ1) is 29.0. The third-order valence-electron chi connectivity index (χ3n) is 12.2. The lowest BCUT2D eigenvalue weighted by Gasteiger charge is -2.17. The average Bonchev–Trinajstić information content (AvgIpc) is 3.92. The molecule has 0 radical (unpaired) electrons. The van der Waals surface area contributed by atoms with Crippen molar-refractivity contribution in [2.75, 3.05) is 0 Å². The van der Waals surface area contributed by atoms with Crippen LogP contribution in [0.5, 0.6) is 0 Å². The summed E-state index contributed by atoms with van der Waals surface area (Å²) in [5, 5.41) is 1.84. The van der Waals surface area contributed by atoms with Gasteiger partial charge in [-0.3, -0.25) is 0 Å². The van der Waals surface area contributed by atoms with Crippen LogP contribution >= 0.6 is 11.3 Å². The molecule has 68 heavy (non-hydrogen) atoms. The zero-order chi connectivity index (χ0) is 55.4. The highest BCUT2D eigenvalue weighted by atomic mass is 32.1. The molecule has 0 spiro atoms. The Bertz CT molecular complexity index is 4650. The number of fused-ring (bicyclic) bond motifs is 6. The lowest BCUT2D eigenvalue weighted by Crippen LogP contribution is -2.04. The highest BCUT2D eigenvalue weighted by Crippen LogP contribution is 2.42. The summed E-state index contributed by atoms with van der Waals surface area (Å²) >= 11 is 1.65. The van der Waals surface area contributed by atoms with Gasteiger partial charge in [-0.25, -0.2) is 15.0 Å². The molecule has 0 aliphatic rings. The first-order valence-corrected chi connectivity index (χ1v) is 22.8. The van der Waals surface area contributed by atoms with E-state index < -0.39 is 83.6 Å². The summed E-state index contributed by atoms with van der Waals surface area (Å²) in [6.07, 6.45) is 0. The van der Waals surface area contributed by atoms with Gasteiger partial charge in [0.25, 0.3) is 0 Å². The van der Waals surface area contributed by atoms with Gasteiger partial charge < -0.3 is 4.57 Å². The standard InChI is InChI=1S/C63H40N4S/c1-5-17-41(18-6-1)45-30-33-57-54(38-45)51-25-13-15-27-56(51)67(57)58-34-31-46(50-36-48(42-19-7-2-8-20-42)35-49(37-50)43-21-9-3-10-22-43)39-55(58)63-65-61(44-23-11-4-12-24-44)64-62(66-63)47-29-32-53-52-26-14-16-28-59(52)68-60(53)40-47/h1-40H/i1D,5D,6D,13D,15D,17D,18D,25D,27D,30D,33D,38D. The molecule has 0 saturated carbocycles. The van der Waals surface area contributed by atoms with E-state index in [1.807, 2.05) is 121 Å². The van der Waals surface area contributed by atoms with Gasteiger partial charge in [-0.15, -0.1) is 11.3 Å². The Kier molecular flexibility index (Phi) is 7.07. The van der Waals surface area contributed by atoms with Gasteiger partial charge in [0.1, 0.15) is 0 Å². The molecule has 0 bridgehead atoms. The fraction of sp³-hybridized carbons (Fsp3) is 0. The number of hydrogen-bond donors (Lipinski definition) is 0. The summed E-state index contributed by atoms with van der Waals surface area (Å²) < 4.78 is 113. The van der Waals surface area contributed by atoms with Gasteiger partial charge in [0.2, 0.25) is 0 Å². The first-order chi connectivity index (χ1) is 38.7. The maximum Gasteiger partial charge on any atom is 0.166 e. The Hall–Kier alpha value is -8.77. The minimum atomic E-state index is -0.707. The molecule has 10 aromatic carbocycles. The summed E-state index contributed by atoms with van der Waals surface area (Å²) in [6, 6.07) is 48.0. The number of aromatic nitrogens is 4. The van der Waals surface area contributed by atoms with Crippen LogP contribution in [0.3, 0.4) is 0 Å². The molecule has 13 aromatic rings. The van der Waals surface area contributed by atoms with Crippen molar-refractivity contribution in [3.8, 4) is 84.4 Å². The SMILES string of the molecule is [2H]c1c([2H])c([2H])c(-c2c([2H])c([2H])c3c(c2[2H])c2c([2H])c([2H])c([2H])c([2H])c2n3-c2ccc(-c3cc(-c4ccccc4)cc(-c4ccccc4)c3)cc2-c2nc(-c3ccccc3)nc(-c3ccc4c(c3)sc3ccccc34)n2)c([2H])c1[2H]. The van der Waals surface area contributed by atoms with Gasteiger partial charge in [-0.2, -0.15) is 0 Å². The topological polar surface area (TPSA) is 43.6 Å². The predicted octanol–water partition coefficient (Wildman–Crippen LogP) is 17.0. The zero-order valence-corrected chi connectivity index (χ0v) is 36.7. The van der Waals surface area contributed by atoms with Crippen molar-refractivity contribution >= 4 is 53.3 Å². The van der Waals surface area contributed by atoms with Gasteiger partial charge in [0.05, 0.1) is 33.2 Å². The van der Waals surface area contributed by atoms with Crippen LogP contribution < -0.4 is 0 Å². The van der Waals surface area contributed by atoms with E-state index in [0.717, 1.165) is 48.0 Å². The molecule has 0 amide bonds. The van der Waals surface area contributed by atoms with Gasteiger partial charge in [-0.1, -0.05) is 182 Å². The van der Waals surface area contributed by atoms with E-state index in [1.54, 1.807) is 17.4 Å². The van der Waals surface area contributed by atoms with Crippen molar-refractivity contribution in [2.24, 2.45) is 0 Å². The van der Waals surface area contributed by atoms with Crippen LogP contribution in [0.4, 0.5) is 0 Å². The minimum absolute atomic E-state index is 0.134. The molecule has 318 valence electrons. The lowest BCUT2D eigenvalue weighted by atomic mass is 9.92. The number of nitrogens with zero attached hydrogens (tertiary/aromatic N) is 4. The second-order valence-corrected chi connectivity index (χ2v) is 17.4. The number of para-hydroxylation sites is 1. The largest absolute Gasteiger partial charge is 0.309 e. The Morgan fingerprint density at radius 3 is 1.65 bits per heavy atom. The summed E-state index contributed by atoms with van der Waals surface area (Å²) in [5.74, 6) is 0.809. The molecule has 4 nitrogen and oxygen atoms in total. The van der Waals surface area contributed by atoms with Gasteiger partial charge in [0, 0.05) is 47.6 Å². The second kappa shape index (κ2) is 16.6. The van der Waals surface area contributed by atoms with E-state index in [-0.39, 0.29) is 33.3 Å². The molecule has 3 heterocycles. The van der Waals surface area contributed by atoms with Gasteiger partial charge in [-0.05, 0) is 105 Å². The molecule has 5 heteroatoms. The highest BCUT2D eigenvalue weighted by Gasteiger charge is 2.22. The van der Waals surface area contributed by atoms with Crippen molar-refractivity contribution < 1.29 is 16.4 Å². The highest BCUT2D eigenvalue weighted by molar-refractivity contribution is 7.25. The van der Waals surface area contributed by atoms with E-state index in [4.69, 9.17) is 24.5 Å². The molecule has 0 unspecified atom stereocenters. The van der Waals surface area contributed by atoms with Crippen LogP contribution in [0.2, 0.25) is 0 Å². The number of thiophene rings is 1. The first-order valence-electron chi connectivity index (χ1n) is 27.9. The number of rotatable bonds is 8. The minimum Gasteiger partial charge on any atom is -0.309 e. The Morgan fingerprint density at radius 1 is 0.338 bits per heavy atom. The van der Waals surface area contributed by atoms with Crippen molar-refractivity contribution in [1.29, 1.82) is 0 Å². The Morgan fingerprint density at radius 2 is 0.912 bits per heavy atom. The zero-order valence-electron chi connectivity index (χ0n) is 47.9. The molecular weight excluding hydrogens is 845 g/mol. The molecule has 3 aromatic heterocycles. The third-order valence-corrected chi connectivity index (χ3v) is 13.3. The average molecular weight is 897 g/mol. The van der Waals surface area contributed by atoms with E-state index in [2.05, 4.69) is 42.5 Å². The molecule has 0 aliphatic carbocycles. The fourth-order valence-electron chi connectivity index (χ4n) is 8.94. The maximum absolute atomic E-state index is 9.90. The summed E-state index contributed by atoms with van der Waals surface area (Å²) in [6.45, 7) is 0. The summed E-state index contributed by atoms with van der Waals surface area (Å²) in [4.78, 5) is 15.6. The fourth-order valence-corrected chi connectivity index (χ4v) is 10.1. The number of benzene rings is 10. The smallest absolute Gasteiger partial charge is 0.166 e. The normalized spacial score (nSPS) is 14.0. The van der Waals surface area contributed by atoms with Crippen molar-refractivity contribution in [1.82, 2.24) is 19.5 Å². The molecule has 0 aliphatic heterocycles. The van der Waals surface area contributed by atoms with Crippen LogP contribution in [-0.4, -0.2) is 19.5 Å². The van der Waals surface area contributed by atoms with Crippen LogP contribution in [-0.2, 0) is 0 Å². The molecule has 0 saturated heterocycles. The summed E-state index contributed by atoms with van der Waals surface area (Å²) in [5.41, 5.74) is 6.05. The van der Waals surface area contributed by atoms with E-state index >= 15 is 0 Å². The van der Waals surface area contributed by atoms with E-state index in [1.165, 1.54) is 4.57 Å². The van der Waals surface area contributed by atoms with Crippen LogP contribution in [0, 0.1) is 0 Å². The molecule has 0 N–H and O–H groups in total. The Balaban J connectivity index is 1.16. The van der Waals surface area contributed by atoms with Crippen LogP contribution in [0.1, 0.15) is 16.4 Å². The molecule has 0 fully saturated rings. The van der Waals surface area contributed by atoms with Gasteiger partial charge in [0.15, 0.2) is 17.5 Å². The van der Waals surface area contributed by atoms with E-state index in [9.17, 15) is 6.85 Å². The maximum atomic E-state index is 9.90.